The van der Waals surface area contributed by atoms with Crippen LogP contribution in [0.5, 0.6) is 0 Å². The normalized spacial score (nSPS) is 30.5. The van der Waals surface area contributed by atoms with E-state index in [4.69, 9.17) is 0 Å². The summed E-state index contributed by atoms with van der Waals surface area (Å²) in [5.41, 5.74) is -2.75. The van der Waals surface area contributed by atoms with Crippen molar-refractivity contribution >= 4 is 23.2 Å². The standard InChI is InChI=1S/C18H6F18N2O4/c19-9(20,15(31)11(23,24)13(27,28)17(33,34)41-15)7(39)37-5-2-1-3-6(4-5)38-8(40)10(21,22)16(32)12(25,26)14(29,30)18(35,36)42-16/h1-4H,(H,37,39)(H,38,40)/t15-,16+. The molecular weight excluding hydrogens is 650 g/mol. The van der Waals surface area contributed by atoms with Gasteiger partial charge in [0, 0.05) is 11.4 Å². The van der Waals surface area contributed by atoms with Gasteiger partial charge in [-0.15, -0.1) is 0 Å². The number of anilines is 2. The average Bonchev–Trinajstić information content (AvgIpc) is 2.98. The van der Waals surface area contributed by atoms with Crippen molar-refractivity contribution in [3.63, 3.8) is 0 Å². The van der Waals surface area contributed by atoms with Crippen LogP contribution in [0.2, 0.25) is 0 Å². The number of hydrogen-bond donors (Lipinski definition) is 2. The van der Waals surface area contributed by atoms with Gasteiger partial charge in [0.25, 0.3) is 0 Å². The minimum atomic E-state index is -7.09. The fourth-order valence-electron chi connectivity index (χ4n) is 3.29. The van der Waals surface area contributed by atoms with Crippen LogP contribution in [0.15, 0.2) is 24.3 Å². The van der Waals surface area contributed by atoms with E-state index in [1.54, 1.807) is 0 Å². The Morgan fingerprint density at radius 1 is 0.548 bits per heavy atom. The number of halogens is 18. The lowest BCUT2D eigenvalue weighted by Crippen LogP contribution is -2.63. The number of hydrogen-bond acceptors (Lipinski definition) is 4. The van der Waals surface area contributed by atoms with E-state index in [1.807, 2.05) is 0 Å². The molecule has 238 valence electrons. The molecule has 42 heavy (non-hydrogen) atoms. The first-order valence-corrected chi connectivity index (χ1v) is 9.95. The summed E-state index contributed by atoms with van der Waals surface area (Å²) in [6, 6.07) is 0.987. The van der Waals surface area contributed by atoms with Gasteiger partial charge in [-0.05, 0) is 18.2 Å². The molecular formula is C18H6F18N2O4. The maximum absolute atomic E-state index is 14.3. The zero-order valence-corrected chi connectivity index (χ0v) is 18.7. The molecule has 0 aliphatic carbocycles. The molecule has 3 rings (SSSR count). The van der Waals surface area contributed by atoms with E-state index < -0.39 is 82.7 Å². The molecule has 0 unspecified atom stereocenters. The van der Waals surface area contributed by atoms with Gasteiger partial charge >= 0.3 is 71.3 Å². The minimum Gasteiger partial charge on any atom is -0.321 e. The third-order valence-corrected chi connectivity index (χ3v) is 5.62. The first-order valence-electron chi connectivity index (χ1n) is 9.95. The topological polar surface area (TPSA) is 76.7 Å². The highest BCUT2D eigenvalue weighted by atomic mass is 19.4. The number of ether oxygens (including phenoxy) is 2. The Balaban J connectivity index is 1.87. The highest BCUT2D eigenvalue weighted by Crippen LogP contribution is 2.66. The summed E-state index contributed by atoms with van der Waals surface area (Å²) in [6.07, 6.45) is -13.2. The molecule has 0 saturated carbocycles. The molecule has 2 aliphatic rings. The van der Waals surface area contributed by atoms with Gasteiger partial charge in [0.1, 0.15) is 0 Å². The molecule has 2 N–H and O–H groups in total. The second-order valence-corrected chi connectivity index (χ2v) is 8.36. The predicted molar refractivity (Wildman–Crippen MR) is 93.1 cm³/mol. The lowest BCUT2D eigenvalue weighted by atomic mass is 9.99. The van der Waals surface area contributed by atoms with E-state index in [9.17, 15) is 88.6 Å². The van der Waals surface area contributed by atoms with Crippen LogP contribution in [-0.2, 0) is 19.1 Å². The van der Waals surface area contributed by atoms with Gasteiger partial charge in [-0.25, -0.2) is 0 Å². The van der Waals surface area contributed by atoms with Crippen LogP contribution in [0.4, 0.5) is 90.4 Å². The third-order valence-electron chi connectivity index (χ3n) is 5.62. The van der Waals surface area contributed by atoms with Crippen molar-refractivity contribution in [3.8, 4) is 0 Å². The predicted octanol–water partition coefficient (Wildman–Crippen LogP) is 5.95. The van der Waals surface area contributed by atoms with Crippen molar-refractivity contribution in [2.45, 2.75) is 59.5 Å². The average molecular weight is 656 g/mol. The van der Waals surface area contributed by atoms with E-state index in [2.05, 4.69) is 9.47 Å². The zero-order valence-electron chi connectivity index (χ0n) is 18.7. The maximum atomic E-state index is 14.3. The Bertz CT molecular complexity index is 1210. The van der Waals surface area contributed by atoms with Crippen molar-refractivity contribution < 1.29 is 98.1 Å². The van der Waals surface area contributed by atoms with E-state index >= 15 is 0 Å². The Morgan fingerprint density at radius 3 is 1.07 bits per heavy atom. The quantitative estimate of drug-likeness (QED) is 0.372. The molecule has 6 nitrogen and oxygen atoms in total. The molecule has 2 atom stereocenters. The van der Waals surface area contributed by atoms with Gasteiger partial charge in [-0.1, -0.05) is 6.07 Å². The lowest BCUT2D eigenvalue weighted by Gasteiger charge is -2.32. The van der Waals surface area contributed by atoms with Crippen LogP contribution in [0.1, 0.15) is 0 Å². The van der Waals surface area contributed by atoms with Crippen LogP contribution >= 0.6 is 0 Å². The molecule has 0 radical (unpaired) electrons. The zero-order chi connectivity index (χ0) is 33.0. The van der Waals surface area contributed by atoms with Gasteiger partial charge in [-0.3, -0.25) is 19.1 Å². The molecule has 0 bridgehead atoms. The van der Waals surface area contributed by atoms with Crippen LogP contribution < -0.4 is 10.6 Å². The van der Waals surface area contributed by atoms with Crippen molar-refractivity contribution in [1.29, 1.82) is 0 Å². The van der Waals surface area contributed by atoms with Crippen LogP contribution in [0, 0.1) is 0 Å². The van der Waals surface area contributed by atoms with E-state index in [0.29, 0.717) is 18.2 Å². The second-order valence-electron chi connectivity index (χ2n) is 8.36. The van der Waals surface area contributed by atoms with Crippen molar-refractivity contribution in [1.82, 2.24) is 0 Å². The first-order chi connectivity index (χ1) is 18.4. The smallest absolute Gasteiger partial charge is 0.321 e. The molecule has 0 aromatic heterocycles. The second kappa shape index (κ2) is 8.69. The van der Waals surface area contributed by atoms with E-state index in [1.165, 1.54) is 0 Å². The van der Waals surface area contributed by atoms with E-state index in [0.717, 1.165) is 10.6 Å². The number of benzene rings is 1. The summed E-state index contributed by atoms with van der Waals surface area (Å²) >= 11 is 0. The molecule has 1 aromatic carbocycles. The Hall–Kier alpha value is -3.18. The summed E-state index contributed by atoms with van der Waals surface area (Å²) < 4.78 is 249. The summed E-state index contributed by atoms with van der Waals surface area (Å²) in [5, 5.41) is 1.48. The third kappa shape index (κ3) is 3.85. The fraction of sp³-hybridized carbons (Fsp3) is 0.556. The van der Waals surface area contributed by atoms with Gasteiger partial charge in [0.05, 0.1) is 0 Å². The molecule has 2 aliphatic heterocycles. The summed E-state index contributed by atoms with van der Waals surface area (Å²) in [4.78, 5) is 23.5. The molecule has 1 aromatic rings. The van der Waals surface area contributed by atoms with Crippen molar-refractivity contribution in [3.05, 3.63) is 24.3 Å². The number of rotatable bonds is 6. The van der Waals surface area contributed by atoms with Crippen LogP contribution in [0.25, 0.3) is 0 Å². The number of amides is 2. The monoisotopic (exact) mass is 656 g/mol. The summed E-state index contributed by atoms with van der Waals surface area (Å²) in [6.45, 7) is 0. The highest BCUT2D eigenvalue weighted by molar-refractivity contribution is 6.00. The summed E-state index contributed by atoms with van der Waals surface area (Å²) in [5.74, 6) is -61.7. The largest absolute Gasteiger partial charge is 0.428 e. The molecule has 2 fully saturated rings. The first kappa shape index (κ1) is 33.3. The number of carbonyl (C=O) groups excluding carboxylic acids is 2. The van der Waals surface area contributed by atoms with Crippen LogP contribution in [-0.4, -0.2) is 71.3 Å². The SMILES string of the molecule is O=C(Nc1cccc(NC(=O)C(F)(F)[C@@]2(F)OC(F)(F)C(F)(F)C2(F)F)c1)C(F)(F)[C@]1(F)OC(F)(F)C(F)(F)C1(F)F. The van der Waals surface area contributed by atoms with E-state index in [-0.39, 0.29) is 6.07 Å². The molecule has 0 spiro atoms. The summed E-state index contributed by atoms with van der Waals surface area (Å²) in [7, 11) is 0. The van der Waals surface area contributed by atoms with Crippen molar-refractivity contribution in [2.75, 3.05) is 10.6 Å². The van der Waals surface area contributed by atoms with Crippen LogP contribution in [0.3, 0.4) is 0 Å². The van der Waals surface area contributed by atoms with Gasteiger partial charge in [0.2, 0.25) is 0 Å². The lowest BCUT2D eigenvalue weighted by molar-refractivity contribution is -0.366. The Labute approximate surface area is 216 Å². The highest BCUT2D eigenvalue weighted by Gasteiger charge is 2.97. The maximum Gasteiger partial charge on any atom is 0.428 e. The van der Waals surface area contributed by atoms with Gasteiger partial charge < -0.3 is 10.6 Å². The molecule has 24 heteroatoms. The van der Waals surface area contributed by atoms with Gasteiger partial charge in [-0.2, -0.15) is 79.0 Å². The minimum absolute atomic E-state index is 0.0640. The Kier molecular flexibility index (Phi) is 6.89. The number of alkyl halides is 18. The van der Waals surface area contributed by atoms with Crippen molar-refractivity contribution in [2.24, 2.45) is 0 Å². The number of nitrogens with one attached hydrogen (secondary N) is 2. The molecule has 2 saturated heterocycles. The number of carbonyl (C=O) groups is 2. The molecule has 2 amide bonds. The fourth-order valence-corrected chi connectivity index (χ4v) is 3.29. The van der Waals surface area contributed by atoms with Gasteiger partial charge in [0.15, 0.2) is 0 Å². The molecule has 2 heterocycles. The Morgan fingerprint density at radius 2 is 0.833 bits per heavy atom.